The lowest BCUT2D eigenvalue weighted by atomic mass is 10.1. The van der Waals surface area contributed by atoms with Gasteiger partial charge in [0.2, 0.25) is 0 Å². The maximum atomic E-state index is 10.8. The van der Waals surface area contributed by atoms with E-state index in [2.05, 4.69) is 12.1 Å². The molecule has 29 heavy (non-hydrogen) atoms. The van der Waals surface area contributed by atoms with E-state index < -0.39 is 12.2 Å². The molecule has 0 saturated heterocycles. The Kier molecular flexibility index (Phi) is 4.81. The van der Waals surface area contributed by atoms with E-state index in [1.54, 1.807) is 34.0 Å². The molecule has 146 valence electrons. The molecule has 0 saturated carbocycles. The number of rotatable bonds is 4. The Morgan fingerprint density at radius 2 is 0.966 bits per heavy atom. The molecule has 2 N–H and O–H groups in total. The van der Waals surface area contributed by atoms with Crippen molar-refractivity contribution in [2.24, 2.45) is 0 Å². The van der Waals surface area contributed by atoms with Gasteiger partial charge in [0.25, 0.3) is 0 Å². The molecule has 3 aromatic heterocycles. The fourth-order valence-electron chi connectivity index (χ4n) is 3.47. The summed E-state index contributed by atoms with van der Waals surface area (Å²) in [5, 5.41) is 21.6. The lowest BCUT2D eigenvalue weighted by Crippen LogP contribution is -1.96. The second kappa shape index (κ2) is 7.35. The summed E-state index contributed by atoms with van der Waals surface area (Å²) in [6, 6.07) is 20.3. The molecule has 0 spiro atoms. The molecule has 3 heterocycles. The van der Waals surface area contributed by atoms with Crippen molar-refractivity contribution in [1.29, 1.82) is 0 Å². The van der Waals surface area contributed by atoms with Gasteiger partial charge in [0, 0.05) is 19.2 Å². The fraction of sp³-hybridized carbons (Fsp3) is 0.167. The van der Waals surface area contributed by atoms with Crippen molar-refractivity contribution in [3.05, 3.63) is 92.7 Å². The number of aliphatic hydroxyl groups excluding tert-OH is 2. The number of aryl methyl sites for hydroxylation is 2. The molecule has 0 amide bonds. The molecule has 2 unspecified atom stereocenters. The summed E-state index contributed by atoms with van der Waals surface area (Å²) < 4.78 is 4.82. The third kappa shape index (κ3) is 3.43. The first kappa shape index (κ1) is 19.0. The monoisotopic (exact) mass is 436 g/mol. The standard InChI is InChI=1S/C24H20O2S3/c1-13-3-7-15(8-4-13)21(25)17-11-19-23(28-17)24-20(27-19)12-18(29-24)22(26)16-9-5-14(2)6-10-16/h3-12,21-22,25-26H,1-2H3. The largest absolute Gasteiger partial charge is 0.383 e. The van der Waals surface area contributed by atoms with Crippen LogP contribution in [0.15, 0.2) is 60.7 Å². The van der Waals surface area contributed by atoms with Crippen molar-refractivity contribution in [3.63, 3.8) is 0 Å². The van der Waals surface area contributed by atoms with Gasteiger partial charge in [-0.2, -0.15) is 0 Å². The van der Waals surface area contributed by atoms with Gasteiger partial charge in [0.05, 0.1) is 9.40 Å². The average molecular weight is 437 g/mol. The number of hydrogen-bond donors (Lipinski definition) is 2. The highest BCUT2D eigenvalue weighted by Gasteiger charge is 2.20. The van der Waals surface area contributed by atoms with Crippen molar-refractivity contribution in [2.45, 2.75) is 26.1 Å². The van der Waals surface area contributed by atoms with Crippen LogP contribution in [-0.2, 0) is 0 Å². The molecule has 0 aliphatic rings. The van der Waals surface area contributed by atoms with E-state index in [0.29, 0.717) is 0 Å². The molecule has 2 aromatic carbocycles. The molecule has 5 heteroatoms. The summed E-state index contributed by atoms with van der Waals surface area (Å²) >= 11 is 5.04. The number of hydrogen-bond acceptors (Lipinski definition) is 5. The second-order valence-electron chi connectivity index (χ2n) is 7.41. The van der Waals surface area contributed by atoms with Gasteiger partial charge in [-0.1, -0.05) is 59.7 Å². The Hall–Kier alpha value is -2.02. The van der Waals surface area contributed by atoms with Crippen LogP contribution >= 0.6 is 34.0 Å². The van der Waals surface area contributed by atoms with Crippen molar-refractivity contribution >= 4 is 52.8 Å². The number of aliphatic hydroxyl groups is 2. The van der Waals surface area contributed by atoms with Crippen LogP contribution < -0.4 is 0 Å². The lowest BCUT2D eigenvalue weighted by molar-refractivity contribution is 0.224. The smallest absolute Gasteiger partial charge is 0.113 e. The van der Waals surface area contributed by atoms with Crippen LogP contribution in [0.2, 0.25) is 0 Å². The van der Waals surface area contributed by atoms with Gasteiger partial charge in [0.15, 0.2) is 0 Å². The SMILES string of the molecule is Cc1ccc(C(O)c2cc3sc4cc(C(O)c5ccc(C)cc5)sc4c3s2)cc1. The predicted octanol–water partition coefficient (Wildman–Crippen LogP) is 6.96. The second-order valence-corrected chi connectivity index (χ2v) is 10.7. The minimum Gasteiger partial charge on any atom is -0.383 e. The van der Waals surface area contributed by atoms with E-state index in [1.807, 2.05) is 62.4 Å². The molecule has 0 radical (unpaired) electrons. The molecule has 2 atom stereocenters. The minimum atomic E-state index is -0.604. The molecule has 2 nitrogen and oxygen atoms in total. The zero-order valence-electron chi connectivity index (χ0n) is 16.0. The van der Waals surface area contributed by atoms with Gasteiger partial charge >= 0.3 is 0 Å². The predicted molar refractivity (Wildman–Crippen MR) is 126 cm³/mol. The van der Waals surface area contributed by atoms with Crippen molar-refractivity contribution in [3.8, 4) is 0 Å². The number of fused-ring (bicyclic) bond motifs is 3. The maximum absolute atomic E-state index is 10.8. The van der Waals surface area contributed by atoms with Crippen molar-refractivity contribution in [1.82, 2.24) is 0 Å². The number of thiophene rings is 3. The Morgan fingerprint density at radius 3 is 1.34 bits per heavy atom. The van der Waals surface area contributed by atoms with Crippen LogP contribution in [0.1, 0.15) is 44.2 Å². The van der Waals surface area contributed by atoms with Gasteiger partial charge in [0.1, 0.15) is 12.2 Å². The highest BCUT2D eigenvalue weighted by molar-refractivity contribution is 7.38. The minimum absolute atomic E-state index is 0.604. The average Bonchev–Trinajstić information content (AvgIpc) is 3.38. The maximum Gasteiger partial charge on any atom is 0.113 e. The van der Waals surface area contributed by atoms with Gasteiger partial charge in [-0.05, 0) is 37.1 Å². The third-order valence-electron chi connectivity index (χ3n) is 5.19. The van der Waals surface area contributed by atoms with Crippen LogP contribution in [0.5, 0.6) is 0 Å². The van der Waals surface area contributed by atoms with Gasteiger partial charge in [-0.3, -0.25) is 0 Å². The Balaban J connectivity index is 1.50. The molecule has 0 fully saturated rings. The van der Waals surface area contributed by atoms with E-state index in [1.165, 1.54) is 29.9 Å². The first-order valence-electron chi connectivity index (χ1n) is 9.44. The van der Waals surface area contributed by atoms with E-state index >= 15 is 0 Å². The zero-order valence-corrected chi connectivity index (χ0v) is 18.5. The van der Waals surface area contributed by atoms with E-state index in [9.17, 15) is 10.2 Å². The highest BCUT2D eigenvalue weighted by atomic mass is 32.1. The summed E-state index contributed by atoms with van der Waals surface area (Å²) in [7, 11) is 0. The normalized spacial score (nSPS) is 13.9. The summed E-state index contributed by atoms with van der Waals surface area (Å²) in [6.45, 7) is 4.10. The summed E-state index contributed by atoms with van der Waals surface area (Å²) in [5.41, 5.74) is 4.21. The van der Waals surface area contributed by atoms with E-state index in [-0.39, 0.29) is 0 Å². The molecule has 5 rings (SSSR count). The van der Waals surface area contributed by atoms with Crippen LogP contribution in [0.25, 0.3) is 18.8 Å². The Bertz CT molecular complexity index is 1190. The van der Waals surface area contributed by atoms with Crippen LogP contribution in [0.3, 0.4) is 0 Å². The van der Waals surface area contributed by atoms with Crippen molar-refractivity contribution in [2.75, 3.05) is 0 Å². The molecular formula is C24H20O2S3. The van der Waals surface area contributed by atoms with E-state index in [0.717, 1.165) is 20.9 Å². The van der Waals surface area contributed by atoms with Crippen LogP contribution in [0, 0.1) is 13.8 Å². The topological polar surface area (TPSA) is 40.5 Å². The van der Waals surface area contributed by atoms with E-state index in [4.69, 9.17) is 0 Å². The first-order valence-corrected chi connectivity index (χ1v) is 11.9. The first-order chi connectivity index (χ1) is 14.0. The van der Waals surface area contributed by atoms with Crippen LogP contribution in [0.4, 0.5) is 0 Å². The Morgan fingerprint density at radius 1 is 0.586 bits per heavy atom. The molecular weight excluding hydrogens is 416 g/mol. The highest BCUT2D eigenvalue weighted by Crippen LogP contribution is 2.47. The fourth-order valence-corrected chi connectivity index (χ4v) is 7.54. The summed E-state index contributed by atoms with van der Waals surface area (Å²) in [5.74, 6) is 0. The van der Waals surface area contributed by atoms with Gasteiger partial charge in [-0.25, -0.2) is 0 Å². The third-order valence-corrected chi connectivity index (χ3v) is 9.07. The van der Waals surface area contributed by atoms with Crippen molar-refractivity contribution < 1.29 is 10.2 Å². The lowest BCUT2D eigenvalue weighted by Gasteiger charge is -2.08. The van der Waals surface area contributed by atoms with Crippen LogP contribution in [-0.4, -0.2) is 10.2 Å². The zero-order chi connectivity index (χ0) is 20.1. The summed E-state index contributed by atoms with van der Waals surface area (Å²) in [6.07, 6.45) is -1.21. The molecule has 5 aromatic rings. The quantitative estimate of drug-likeness (QED) is 0.320. The molecule has 0 bridgehead atoms. The molecule has 0 aliphatic carbocycles. The van der Waals surface area contributed by atoms with Gasteiger partial charge < -0.3 is 10.2 Å². The number of benzene rings is 2. The Labute approximate surface area is 181 Å². The molecule has 0 aliphatic heterocycles. The van der Waals surface area contributed by atoms with Gasteiger partial charge in [-0.15, -0.1) is 34.0 Å². The summed E-state index contributed by atoms with van der Waals surface area (Å²) in [4.78, 5) is 1.93.